The molecule has 0 unspecified atom stereocenters. The third-order valence-corrected chi connectivity index (χ3v) is 3.28. The molecule has 1 saturated heterocycles. The number of ether oxygens (including phenoxy) is 2. The second-order valence-corrected chi connectivity index (χ2v) is 5.01. The molecule has 1 aliphatic rings. The van der Waals surface area contributed by atoms with Crippen LogP contribution in [0, 0.1) is 0 Å². The Hall–Kier alpha value is -1.06. The minimum atomic E-state index is 0.0802. The molecule has 94 valence electrons. The first-order chi connectivity index (χ1) is 8.18. The normalized spacial score (nSPS) is 17.9. The molecule has 17 heavy (non-hydrogen) atoms. The number of hydrogen-bond acceptors (Lipinski definition) is 3. The Labute approximate surface area is 103 Å². The minimum Gasteiger partial charge on any atom is -0.496 e. The summed E-state index contributed by atoms with van der Waals surface area (Å²) in [5.41, 5.74) is 1.33. The molecule has 0 saturated carbocycles. The quantitative estimate of drug-likeness (QED) is 0.846. The zero-order valence-electron chi connectivity index (χ0n) is 10.8. The Balaban J connectivity index is 2.21. The fraction of sp³-hybridized carbons (Fsp3) is 0.571. The van der Waals surface area contributed by atoms with Gasteiger partial charge in [0.15, 0.2) is 0 Å². The van der Waals surface area contributed by atoms with E-state index >= 15 is 0 Å². The second-order valence-electron chi connectivity index (χ2n) is 5.01. The van der Waals surface area contributed by atoms with Crippen LogP contribution in [-0.2, 0) is 10.2 Å². The van der Waals surface area contributed by atoms with E-state index in [2.05, 4.69) is 31.3 Å². The summed E-state index contributed by atoms with van der Waals surface area (Å²) in [6, 6.07) is 8.72. The third kappa shape index (κ3) is 2.45. The highest BCUT2D eigenvalue weighted by Gasteiger charge is 2.42. The first kappa shape index (κ1) is 12.4. The molecular formula is C14H21NO2. The van der Waals surface area contributed by atoms with E-state index in [1.165, 1.54) is 5.56 Å². The molecule has 0 aromatic heterocycles. The van der Waals surface area contributed by atoms with E-state index in [-0.39, 0.29) is 5.41 Å². The lowest BCUT2D eigenvalue weighted by Crippen LogP contribution is -2.54. The number of benzene rings is 1. The molecule has 1 aromatic carbocycles. The van der Waals surface area contributed by atoms with Crippen LogP contribution in [0.25, 0.3) is 0 Å². The van der Waals surface area contributed by atoms with Gasteiger partial charge in [0, 0.05) is 18.2 Å². The highest BCUT2D eigenvalue weighted by atomic mass is 16.5. The van der Waals surface area contributed by atoms with Crippen molar-refractivity contribution in [1.82, 2.24) is 5.32 Å². The standard InChI is InChI=1S/C14H21NO2/c1-11(2)15-8-14(9-17-10-14)12-6-4-5-7-13(12)16-3/h4-7,11,15H,8-10H2,1-3H3. The molecule has 2 rings (SSSR count). The first-order valence-corrected chi connectivity index (χ1v) is 6.12. The molecule has 0 spiro atoms. The molecule has 1 aliphatic heterocycles. The van der Waals surface area contributed by atoms with E-state index in [0.717, 1.165) is 25.5 Å². The Bertz CT molecular complexity index is 372. The Morgan fingerprint density at radius 2 is 2.06 bits per heavy atom. The van der Waals surface area contributed by atoms with Gasteiger partial charge in [0.05, 0.1) is 25.7 Å². The smallest absolute Gasteiger partial charge is 0.122 e. The molecule has 1 N–H and O–H groups in total. The fourth-order valence-electron chi connectivity index (χ4n) is 2.18. The lowest BCUT2D eigenvalue weighted by Gasteiger charge is -2.43. The van der Waals surface area contributed by atoms with Crippen molar-refractivity contribution >= 4 is 0 Å². The van der Waals surface area contributed by atoms with Crippen LogP contribution in [0.15, 0.2) is 24.3 Å². The molecule has 0 amide bonds. The average Bonchev–Trinajstić information content (AvgIpc) is 2.28. The molecule has 3 nitrogen and oxygen atoms in total. The maximum absolute atomic E-state index is 5.45. The second kappa shape index (κ2) is 5.07. The van der Waals surface area contributed by atoms with Crippen molar-refractivity contribution in [3.8, 4) is 5.75 Å². The third-order valence-electron chi connectivity index (χ3n) is 3.28. The molecule has 0 radical (unpaired) electrons. The number of methoxy groups -OCH3 is 1. The number of rotatable bonds is 5. The monoisotopic (exact) mass is 235 g/mol. The van der Waals surface area contributed by atoms with Crippen LogP contribution in [0.5, 0.6) is 5.75 Å². The molecule has 0 atom stereocenters. The minimum absolute atomic E-state index is 0.0802. The summed E-state index contributed by atoms with van der Waals surface area (Å²) in [6.45, 7) is 6.80. The lowest BCUT2D eigenvalue weighted by atomic mass is 9.78. The van der Waals surface area contributed by atoms with Crippen molar-refractivity contribution in [3.63, 3.8) is 0 Å². The van der Waals surface area contributed by atoms with Crippen molar-refractivity contribution in [2.24, 2.45) is 0 Å². The van der Waals surface area contributed by atoms with Gasteiger partial charge in [-0.3, -0.25) is 0 Å². The van der Waals surface area contributed by atoms with E-state index in [1.54, 1.807) is 7.11 Å². The van der Waals surface area contributed by atoms with Crippen molar-refractivity contribution in [1.29, 1.82) is 0 Å². The van der Waals surface area contributed by atoms with Crippen LogP contribution in [-0.4, -0.2) is 32.9 Å². The van der Waals surface area contributed by atoms with Crippen LogP contribution in [0.1, 0.15) is 19.4 Å². The maximum Gasteiger partial charge on any atom is 0.122 e. The van der Waals surface area contributed by atoms with E-state index in [0.29, 0.717) is 6.04 Å². The molecule has 3 heteroatoms. The Morgan fingerprint density at radius 3 is 2.59 bits per heavy atom. The van der Waals surface area contributed by atoms with Gasteiger partial charge in [-0.05, 0) is 6.07 Å². The Morgan fingerprint density at radius 1 is 1.35 bits per heavy atom. The molecule has 1 fully saturated rings. The summed E-state index contributed by atoms with van der Waals surface area (Å²) in [5, 5.41) is 3.50. The molecule has 1 heterocycles. The van der Waals surface area contributed by atoms with E-state index in [1.807, 2.05) is 12.1 Å². The number of para-hydroxylation sites is 1. The van der Waals surface area contributed by atoms with Crippen molar-refractivity contribution < 1.29 is 9.47 Å². The zero-order valence-corrected chi connectivity index (χ0v) is 10.8. The van der Waals surface area contributed by atoms with Gasteiger partial charge >= 0.3 is 0 Å². The summed E-state index contributed by atoms with van der Waals surface area (Å²) < 4.78 is 10.9. The average molecular weight is 235 g/mol. The van der Waals surface area contributed by atoms with Gasteiger partial charge < -0.3 is 14.8 Å². The highest BCUT2D eigenvalue weighted by molar-refractivity contribution is 5.41. The van der Waals surface area contributed by atoms with Crippen LogP contribution in [0.3, 0.4) is 0 Å². The molecule has 0 bridgehead atoms. The van der Waals surface area contributed by atoms with Crippen LogP contribution < -0.4 is 10.1 Å². The summed E-state index contributed by atoms with van der Waals surface area (Å²) >= 11 is 0. The van der Waals surface area contributed by atoms with E-state index < -0.39 is 0 Å². The largest absolute Gasteiger partial charge is 0.496 e. The van der Waals surface area contributed by atoms with Gasteiger partial charge in [0.2, 0.25) is 0 Å². The van der Waals surface area contributed by atoms with Crippen molar-refractivity contribution in [3.05, 3.63) is 29.8 Å². The molecular weight excluding hydrogens is 214 g/mol. The number of hydrogen-bond donors (Lipinski definition) is 1. The predicted molar refractivity (Wildman–Crippen MR) is 68.6 cm³/mol. The van der Waals surface area contributed by atoms with E-state index in [9.17, 15) is 0 Å². The first-order valence-electron chi connectivity index (χ1n) is 6.12. The van der Waals surface area contributed by atoms with Gasteiger partial charge in [-0.2, -0.15) is 0 Å². The fourth-order valence-corrected chi connectivity index (χ4v) is 2.18. The van der Waals surface area contributed by atoms with Crippen LogP contribution in [0.2, 0.25) is 0 Å². The van der Waals surface area contributed by atoms with Gasteiger partial charge in [0.1, 0.15) is 5.75 Å². The van der Waals surface area contributed by atoms with Crippen molar-refractivity contribution in [2.75, 3.05) is 26.9 Å². The topological polar surface area (TPSA) is 30.5 Å². The maximum atomic E-state index is 5.45. The van der Waals surface area contributed by atoms with Crippen LogP contribution in [0.4, 0.5) is 0 Å². The highest BCUT2D eigenvalue weighted by Crippen LogP contribution is 2.37. The van der Waals surface area contributed by atoms with Gasteiger partial charge in [0.25, 0.3) is 0 Å². The van der Waals surface area contributed by atoms with Crippen LogP contribution >= 0.6 is 0 Å². The van der Waals surface area contributed by atoms with Crippen molar-refractivity contribution in [2.45, 2.75) is 25.3 Å². The lowest BCUT2D eigenvalue weighted by molar-refractivity contribution is -0.0605. The SMILES string of the molecule is COc1ccccc1C1(CNC(C)C)COC1. The summed E-state index contributed by atoms with van der Waals surface area (Å²) in [7, 11) is 1.72. The van der Waals surface area contributed by atoms with Gasteiger partial charge in [-0.1, -0.05) is 32.0 Å². The summed E-state index contributed by atoms with van der Waals surface area (Å²) in [6.07, 6.45) is 0. The zero-order chi connectivity index (χ0) is 12.3. The summed E-state index contributed by atoms with van der Waals surface area (Å²) in [5.74, 6) is 0.960. The molecule has 0 aliphatic carbocycles. The van der Waals surface area contributed by atoms with E-state index in [4.69, 9.17) is 9.47 Å². The van der Waals surface area contributed by atoms with Gasteiger partial charge in [-0.25, -0.2) is 0 Å². The summed E-state index contributed by atoms with van der Waals surface area (Å²) in [4.78, 5) is 0. The Kier molecular flexibility index (Phi) is 3.69. The van der Waals surface area contributed by atoms with Gasteiger partial charge in [-0.15, -0.1) is 0 Å². The number of nitrogens with one attached hydrogen (secondary N) is 1. The predicted octanol–water partition coefficient (Wildman–Crippen LogP) is 1.96. The molecule has 1 aromatic rings.